The van der Waals surface area contributed by atoms with E-state index in [4.69, 9.17) is 14.2 Å². The van der Waals surface area contributed by atoms with Gasteiger partial charge in [-0.1, -0.05) is 51.1 Å². The van der Waals surface area contributed by atoms with Gasteiger partial charge in [0.15, 0.2) is 5.78 Å². The molecule has 1 heterocycles. The van der Waals surface area contributed by atoms with Crippen molar-refractivity contribution in [2.24, 2.45) is 11.8 Å². The first-order valence-corrected chi connectivity index (χ1v) is 12.8. The Kier molecular flexibility index (Phi) is 15.2. The van der Waals surface area contributed by atoms with Crippen molar-refractivity contribution < 1.29 is 19.0 Å². The molecule has 1 aliphatic heterocycles. The van der Waals surface area contributed by atoms with Crippen molar-refractivity contribution in [3.05, 3.63) is 59.7 Å². The van der Waals surface area contributed by atoms with Crippen LogP contribution in [0.25, 0.3) is 0 Å². The highest BCUT2D eigenvalue weighted by atomic mass is 35.5. The number of ether oxygens (including phenoxy) is 3. The van der Waals surface area contributed by atoms with Crippen molar-refractivity contribution in [2.75, 3.05) is 60.1 Å². The van der Waals surface area contributed by atoms with E-state index in [1.165, 1.54) is 5.56 Å². The predicted octanol–water partition coefficient (Wildman–Crippen LogP) is 5.79. The number of ketones is 1. The highest BCUT2D eigenvalue weighted by molar-refractivity contribution is 6.00. The molecular weight excluding hydrogens is 511 g/mol. The highest BCUT2D eigenvalue weighted by Gasteiger charge is 2.26. The number of nitrogens with zero attached hydrogens (tertiary/aromatic N) is 2. The van der Waals surface area contributed by atoms with Crippen LogP contribution in [0.4, 0.5) is 0 Å². The number of carbonyl (C=O) groups excluding carboxylic acids is 1. The summed E-state index contributed by atoms with van der Waals surface area (Å²) in [4.78, 5) is 18.0. The first kappa shape index (κ1) is 33.2. The summed E-state index contributed by atoms with van der Waals surface area (Å²) in [6.07, 6.45) is 1.16. The van der Waals surface area contributed by atoms with E-state index >= 15 is 0 Å². The first-order chi connectivity index (χ1) is 16.9. The number of carbonyl (C=O) groups is 1. The van der Waals surface area contributed by atoms with Gasteiger partial charge in [0, 0.05) is 57.9 Å². The minimum atomic E-state index is -0.111. The summed E-state index contributed by atoms with van der Waals surface area (Å²) >= 11 is 0. The molecule has 1 saturated heterocycles. The van der Waals surface area contributed by atoms with Crippen LogP contribution >= 0.6 is 24.8 Å². The summed E-state index contributed by atoms with van der Waals surface area (Å²) in [7, 11) is 3.20. The van der Waals surface area contributed by atoms with Gasteiger partial charge >= 0.3 is 0 Å². The second-order valence-corrected chi connectivity index (χ2v) is 9.89. The molecule has 6 nitrogen and oxygen atoms in total. The van der Waals surface area contributed by atoms with E-state index in [9.17, 15) is 4.79 Å². The Morgan fingerprint density at radius 3 is 2.05 bits per heavy atom. The Balaban J connectivity index is 0.00000342. The maximum absolute atomic E-state index is 13.1. The van der Waals surface area contributed by atoms with Gasteiger partial charge in [0.2, 0.25) is 0 Å². The molecule has 2 unspecified atom stereocenters. The molecule has 0 bridgehead atoms. The molecule has 208 valence electrons. The molecule has 2 aromatic carbocycles. The van der Waals surface area contributed by atoms with Crippen molar-refractivity contribution in [3.8, 4) is 11.5 Å². The molecule has 0 aliphatic carbocycles. The van der Waals surface area contributed by atoms with E-state index < -0.39 is 0 Å². The lowest BCUT2D eigenvalue weighted by Crippen LogP contribution is -2.49. The fraction of sp³-hybridized carbons (Fsp3) is 0.552. The second-order valence-electron chi connectivity index (χ2n) is 9.89. The molecule has 0 aromatic heterocycles. The second kappa shape index (κ2) is 16.9. The zero-order valence-corrected chi connectivity index (χ0v) is 24.5. The summed E-state index contributed by atoms with van der Waals surface area (Å²) in [6, 6.07) is 15.9. The van der Waals surface area contributed by atoms with Gasteiger partial charge in [-0.2, -0.15) is 0 Å². The number of benzene rings is 2. The van der Waals surface area contributed by atoms with Crippen molar-refractivity contribution in [1.82, 2.24) is 9.80 Å². The van der Waals surface area contributed by atoms with Crippen molar-refractivity contribution in [2.45, 2.75) is 33.3 Å². The number of methoxy groups -OCH3 is 2. The molecule has 0 N–H and O–H groups in total. The molecule has 0 saturated carbocycles. The summed E-state index contributed by atoms with van der Waals surface area (Å²) in [5.74, 6) is 1.88. The Hall–Kier alpha value is -1.83. The van der Waals surface area contributed by atoms with Crippen LogP contribution in [0.15, 0.2) is 48.5 Å². The van der Waals surface area contributed by atoms with E-state index in [1.54, 1.807) is 26.4 Å². The van der Waals surface area contributed by atoms with Crippen LogP contribution in [0.3, 0.4) is 0 Å². The van der Waals surface area contributed by atoms with Crippen LogP contribution in [-0.4, -0.2) is 75.7 Å². The third-order valence-electron chi connectivity index (χ3n) is 6.73. The summed E-state index contributed by atoms with van der Waals surface area (Å²) in [5, 5.41) is 0. The minimum absolute atomic E-state index is 0. The highest BCUT2D eigenvalue weighted by Crippen LogP contribution is 2.27. The Morgan fingerprint density at radius 2 is 1.49 bits per heavy atom. The average Bonchev–Trinajstić information content (AvgIpc) is 2.88. The largest absolute Gasteiger partial charge is 0.497 e. The van der Waals surface area contributed by atoms with E-state index in [1.807, 2.05) is 13.0 Å². The number of piperazine rings is 1. The zero-order chi connectivity index (χ0) is 25.2. The summed E-state index contributed by atoms with van der Waals surface area (Å²) in [6.45, 7) is 12.7. The number of hydrogen-bond donors (Lipinski definition) is 0. The first-order valence-electron chi connectivity index (χ1n) is 12.8. The van der Waals surface area contributed by atoms with Crippen LogP contribution in [0.5, 0.6) is 11.5 Å². The van der Waals surface area contributed by atoms with Crippen molar-refractivity contribution >= 4 is 30.6 Å². The number of halogens is 2. The number of hydrogen-bond acceptors (Lipinski definition) is 6. The monoisotopic (exact) mass is 554 g/mol. The molecule has 2 aromatic rings. The number of Topliss-reactive ketones (excluding diaryl/α,β-unsaturated/α-hetero) is 1. The third kappa shape index (κ3) is 10.1. The Morgan fingerprint density at radius 1 is 0.865 bits per heavy atom. The molecular formula is C29H44Cl2N2O4. The smallest absolute Gasteiger partial charge is 0.170 e. The predicted molar refractivity (Wildman–Crippen MR) is 155 cm³/mol. The average molecular weight is 556 g/mol. The Bertz CT molecular complexity index is 921. The fourth-order valence-corrected chi connectivity index (χ4v) is 4.49. The van der Waals surface area contributed by atoms with Crippen LogP contribution in [0.1, 0.15) is 49.2 Å². The topological polar surface area (TPSA) is 51.2 Å². The lowest BCUT2D eigenvalue weighted by atomic mass is 9.97. The lowest BCUT2D eigenvalue weighted by molar-refractivity contribution is 0.00702. The zero-order valence-electron chi connectivity index (χ0n) is 22.9. The molecule has 3 rings (SSSR count). The van der Waals surface area contributed by atoms with Gasteiger partial charge in [-0.15, -0.1) is 24.8 Å². The normalized spacial score (nSPS) is 15.8. The Labute approximate surface area is 235 Å². The van der Waals surface area contributed by atoms with Crippen LogP contribution in [0, 0.1) is 11.8 Å². The molecule has 0 radical (unpaired) electrons. The third-order valence-corrected chi connectivity index (χ3v) is 6.73. The van der Waals surface area contributed by atoms with Gasteiger partial charge in [-0.05, 0) is 30.0 Å². The lowest BCUT2D eigenvalue weighted by Gasteiger charge is -2.37. The van der Waals surface area contributed by atoms with E-state index in [2.05, 4.69) is 54.0 Å². The molecule has 1 aliphatic rings. The van der Waals surface area contributed by atoms with Gasteiger partial charge < -0.3 is 19.1 Å². The fourth-order valence-electron chi connectivity index (χ4n) is 4.49. The van der Waals surface area contributed by atoms with Crippen molar-refractivity contribution in [3.63, 3.8) is 0 Å². The quantitative estimate of drug-likeness (QED) is 0.292. The standard InChI is InChI=1S/C29H42N2O4.2ClH/c1-22(2)13-18-35-28(24-9-7-6-8-10-24)21-31-16-14-30(15-17-31)20-23(3)29(32)26-12-11-25(33-4)19-27(26)34-5;;/h6-12,19,22-23,28H,13-18,20-21H2,1-5H3;2*1H. The van der Waals surface area contributed by atoms with Gasteiger partial charge in [-0.25, -0.2) is 0 Å². The van der Waals surface area contributed by atoms with Crippen LogP contribution < -0.4 is 9.47 Å². The molecule has 1 fully saturated rings. The summed E-state index contributed by atoms with van der Waals surface area (Å²) in [5.41, 5.74) is 1.86. The summed E-state index contributed by atoms with van der Waals surface area (Å²) < 4.78 is 17.0. The van der Waals surface area contributed by atoms with Gasteiger partial charge in [0.1, 0.15) is 11.5 Å². The van der Waals surface area contributed by atoms with Gasteiger partial charge in [-0.3, -0.25) is 9.69 Å². The molecule has 37 heavy (non-hydrogen) atoms. The van der Waals surface area contributed by atoms with E-state index in [0.29, 0.717) is 23.0 Å². The van der Waals surface area contributed by atoms with E-state index in [-0.39, 0.29) is 42.6 Å². The molecule has 0 amide bonds. The SMILES string of the molecule is COc1ccc(C(=O)C(C)CN2CCN(CC(OCCC(C)C)c3ccccc3)CC2)c(OC)c1.Cl.Cl. The maximum atomic E-state index is 13.1. The van der Waals surface area contributed by atoms with Crippen LogP contribution in [0.2, 0.25) is 0 Å². The van der Waals surface area contributed by atoms with Gasteiger partial charge in [0.25, 0.3) is 0 Å². The van der Waals surface area contributed by atoms with E-state index in [0.717, 1.165) is 52.3 Å². The molecule has 0 spiro atoms. The molecule has 8 heteroatoms. The van der Waals surface area contributed by atoms with Crippen LogP contribution in [-0.2, 0) is 4.74 Å². The number of rotatable bonds is 13. The molecule has 2 atom stereocenters. The van der Waals surface area contributed by atoms with Gasteiger partial charge in [0.05, 0.1) is 25.9 Å². The minimum Gasteiger partial charge on any atom is -0.497 e. The van der Waals surface area contributed by atoms with Crippen molar-refractivity contribution in [1.29, 1.82) is 0 Å². The maximum Gasteiger partial charge on any atom is 0.170 e.